The maximum atomic E-state index is 5.23. The molecule has 0 nitrogen and oxygen atoms in total. The molecule has 1 aromatic carbocycles. The van der Waals surface area contributed by atoms with Gasteiger partial charge in [-0.15, -0.1) is 0 Å². The van der Waals surface area contributed by atoms with E-state index in [2.05, 4.69) is 12.6 Å². The molecule has 0 amide bonds. The molecule has 0 saturated carbocycles. The minimum atomic E-state index is 0.869. The van der Waals surface area contributed by atoms with Gasteiger partial charge in [-0.05, 0) is 11.1 Å². The van der Waals surface area contributed by atoms with E-state index in [-0.39, 0.29) is 0 Å². The van der Waals surface area contributed by atoms with E-state index in [4.69, 9.17) is 12.2 Å². The molecule has 1 aliphatic carbocycles. The van der Waals surface area contributed by atoms with Gasteiger partial charge in [-0.1, -0.05) is 55.2 Å². The summed E-state index contributed by atoms with van der Waals surface area (Å²) in [6.07, 6.45) is 4.01. The summed E-state index contributed by atoms with van der Waals surface area (Å²) in [5, 5.41) is 0. The maximum Gasteiger partial charge on any atom is 0.0521 e. The van der Waals surface area contributed by atoms with Crippen molar-refractivity contribution in [1.29, 1.82) is 0 Å². The molecule has 0 saturated heterocycles. The Bertz CT molecular complexity index is 386. The van der Waals surface area contributed by atoms with Crippen LogP contribution in [-0.2, 0) is 0 Å². The second-order valence-corrected chi connectivity index (χ2v) is 3.18. The third kappa shape index (κ3) is 1.03. The van der Waals surface area contributed by atoms with Gasteiger partial charge in [-0.25, -0.2) is 0 Å². The van der Waals surface area contributed by atoms with Gasteiger partial charge >= 0.3 is 0 Å². The summed E-state index contributed by atoms with van der Waals surface area (Å²) < 4.78 is 0. The molecule has 0 aromatic heterocycles. The minimum Gasteiger partial charge on any atom is -0.0903 e. The zero-order valence-electron chi connectivity index (χ0n) is 6.58. The summed E-state index contributed by atoms with van der Waals surface area (Å²) in [6.45, 7) is 3.87. The Morgan fingerprint density at radius 1 is 1.08 bits per heavy atom. The van der Waals surface area contributed by atoms with E-state index >= 15 is 0 Å². The van der Waals surface area contributed by atoms with Crippen LogP contribution < -0.4 is 0 Å². The van der Waals surface area contributed by atoms with E-state index in [9.17, 15) is 0 Å². The van der Waals surface area contributed by atoms with Crippen molar-refractivity contribution in [2.45, 2.75) is 0 Å². The maximum absolute atomic E-state index is 5.23. The summed E-state index contributed by atoms with van der Waals surface area (Å²) in [4.78, 5) is 0.869. The quantitative estimate of drug-likeness (QED) is 0.428. The Morgan fingerprint density at radius 3 is 2.67 bits per heavy atom. The summed E-state index contributed by atoms with van der Waals surface area (Å²) in [5.41, 5.74) is 3.25. The lowest BCUT2D eigenvalue weighted by Crippen LogP contribution is -2.04. The topological polar surface area (TPSA) is 0 Å². The van der Waals surface area contributed by atoms with Gasteiger partial charge in [0.1, 0.15) is 0 Å². The lowest BCUT2D eigenvalue weighted by atomic mass is 9.95. The average molecular weight is 172 g/mol. The second kappa shape index (κ2) is 2.68. The molecule has 0 radical (unpaired) electrons. The highest BCUT2D eigenvalue weighted by molar-refractivity contribution is 7.81. The van der Waals surface area contributed by atoms with E-state index in [1.165, 1.54) is 5.56 Å². The number of allylic oxidation sites excluding steroid dienone is 2. The van der Waals surface area contributed by atoms with Crippen LogP contribution in [0.4, 0.5) is 0 Å². The van der Waals surface area contributed by atoms with Gasteiger partial charge in [0.15, 0.2) is 0 Å². The molecule has 0 aliphatic heterocycles. The van der Waals surface area contributed by atoms with Crippen LogP contribution in [-0.4, -0.2) is 4.86 Å². The van der Waals surface area contributed by atoms with Crippen molar-refractivity contribution < 1.29 is 0 Å². The second-order valence-electron chi connectivity index (χ2n) is 2.77. The third-order valence-corrected chi connectivity index (χ3v) is 2.44. The van der Waals surface area contributed by atoms with Gasteiger partial charge in [-0.2, -0.15) is 0 Å². The fourth-order valence-electron chi connectivity index (χ4n) is 1.29. The predicted molar refractivity (Wildman–Crippen MR) is 56.3 cm³/mol. The summed E-state index contributed by atoms with van der Waals surface area (Å²) in [6, 6.07) is 8.11. The van der Waals surface area contributed by atoms with Crippen LogP contribution in [0.15, 0.2) is 42.5 Å². The van der Waals surface area contributed by atoms with Gasteiger partial charge in [0, 0.05) is 5.56 Å². The van der Waals surface area contributed by atoms with E-state index in [0.717, 1.165) is 16.0 Å². The smallest absolute Gasteiger partial charge is 0.0521 e. The molecule has 0 fully saturated rings. The van der Waals surface area contributed by atoms with Crippen molar-refractivity contribution in [3.63, 3.8) is 0 Å². The SMILES string of the molecule is C=C1C=Cc2ccccc2C1=S. The Kier molecular flexibility index (Phi) is 1.66. The van der Waals surface area contributed by atoms with Crippen LogP contribution >= 0.6 is 12.2 Å². The summed E-state index contributed by atoms with van der Waals surface area (Å²) in [7, 11) is 0. The minimum absolute atomic E-state index is 0.869. The van der Waals surface area contributed by atoms with Gasteiger partial charge in [-0.3, -0.25) is 0 Å². The van der Waals surface area contributed by atoms with Crippen LogP contribution in [0.1, 0.15) is 11.1 Å². The number of thiocarbonyl (C=S) groups is 1. The molecule has 0 heterocycles. The number of hydrogen-bond acceptors (Lipinski definition) is 1. The molecule has 1 heteroatoms. The van der Waals surface area contributed by atoms with Crippen molar-refractivity contribution in [1.82, 2.24) is 0 Å². The molecule has 58 valence electrons. The van der Waals surface area contributed by atoms with E-state index in [0.29, 0.717) is 0 Å². The fourth-order valence-corrected chi connectivity index (χ4v) is 1.54. The Balaban J connectivity index is 2.67. The molecule has 12 heavy (non-hydrogen) atoms. The molecular formula is C11H8S. The van der Waals surface area contributed by atoms with Crippen LogP contribution in [0.25, 0.3) is 6.08 Å². The first-order chi connectivity index (χ1) is 5.79. The van der Waals surface area contributed by atoms with E-state index < -0.39 is 0 Å². The van der Waals surface area contributed by atoms with Crippen molar-refractivity contribution in [2.24, 2.45) is 0 Å². The number of rotatable bonds is 0. The van der Waals surface area contributed by atoms with Gasteiger partial charge < -0.3 is 0 Å². The summed E-state index contributed by atoms with van der Waals surface area (Å²) >= 11 is 5.23. The zero-order chi connectivity index (χ0) is 8.55. The number of hydrogen-bond donors (Lipinski definition) is 0. The van der Waals surface area contributed by atoms with Crippen LogP contribution in [0.3, 0.4) is 0 Å². The molecule has 0 spiro atoms. The zero-order valence-corrected chi connectivity index (χ0v) is 7.40. The Morgan fingerprint density at radius 2 is 1.83 bits per heavy atom. The number of fused-ring (bicyclic) bond motifs is 1. The third-order valence-electron chi connectivity index (χ3n) is 1.96. The predicted octanol–water partition coefficient (Wildman–Crippen LogP) is 2.99. The highest BCUT2D eigenvalue weighted by Crippen LogP contribution is 2.21. The summed E-state index contributed by atoms with van der Waals surface area (Å²) in [5.74, 6) is 0. The molecule has 2 rings (SSSR count). The first-order valence-corrected chi connectivity index (χ1v) is 4.20. The highest BCUT2D eigenvalue weighted by Gasteiger charge is 2.10. The van der Waals surface area contributed by atoms with Gasteiger partial charge in [0.2, 0.25) is 0 Å². The normalized spacial score (nSPS) is 14.7. The van der Waals surface area contributed by atoms with E-state index in [1.54, 1.807) is 0 Å². The first kappa shape index (κ1) is 7.44. The lowest BCUT2D eigenvalue weighted by Gasteiger charge is -2.12. The molecule has 1 aromatic rings. The largest absolute Gasteiger partial charge is 0.0903 e. The first-order valence-electron chi connectivity index (χ1n) is 3.80. The fraction of sp³-hybridized carbons (Fsp3) is 0. The van der Waals surface area contributed by atoms with Gasteiger partial charge in [0.05, 0.1) is 4.86 Å². The van der Waals surface area contributed by atoms with Crippen molar-refractivity contribution in [3.8, 4) is 0 Å². The van der Waals surface area contributed by atoms with Crippen molar-refractivity contribution in [2.75, 3.05) is 0 Å². The Labute approximate surface area is 77.2 Å². The van der Waals surface area contributed by atoms with Crippen molar-refractivity contribution in [3.05, 3.63) is 53.6 Å². The average Bonchev–Trinajstić information content (AvgIpc) is 2.12. The number of benzene rings is 1. The van der Waals surface area contributed by atoms with Gasteiger partial charge in [0.25, 0.3) is 0 Å². The molecule has 0 unspecified atom stereocenters. The Hall–Kier alpha value is -1.21. The molecular weight excluding hydrogens is 164 g/mol. The van der Waals surface area contributed by atoms with Crippen LogP contribution in [0.2, 0.25) is 0 Å². The van der Waals surface area contributed by atoms with Crippen LogP contribution in [0, 0.1) is 0 Å². The molecule has 0 atom stereocenters. The van der Waals surface area contributed by atoms with Crippen LogP contribution in [0.5, 0.6) is 0 Å². The highest BCUT2D eigenvalue weighted by atomic mass is 32.1. The lowest BCUT2D eigenvalue weighted by molar-refractivity contribution is 1.59. The molecule has 1 aliphatic rings. The monoisotopic (exact) mass is 172 g/mol. The van der Waals surface area contributed by atoms with Crippen molar-refractivity contribution >= 4 is 23.2 Å². The molecule has 0 bridgehead atoms. The standard InChI is InChI=1S/C11H8S/c1-8-6-7-9-4-2-3-5-10(9)11(8)12/h2-7H,1H2. The van der Waals surface area contributed by atoms with E-state index in [1.807, 2.05) is 30.4 Å². The molecule has 0 N–H and O–H groups in total.